The standard InChI is InChI=1S/C20H21FN2O2/c1-3-14-5-7-16(8-6-14)23-12-15(11-19(23)24)20(25)22-18-9-4-13(2)10-17(18)21/h4-10,15H,3,11-12H2,1-2H3,(H,22,25). The smallest absolute Gasteiger partial charge is 0.229 e. The van der Waals surface area contributed by atoms with Crippen LogP contribution in [0, 0.1) is 18.7 Å². The van der Waals surface area contributed by atoms with E-state index in [1.165, 1.54) is 11.6 Å². The van der Waals surface area contributed by atoms with Crippen molar-refractivity contribution in [3.8, 4) is 0 Å². The molecule has 0 spiro atoms. The van der Waals surface area contributed by atoms with Crippen molar-refractivity contribution in [2.24, 2.45) is 5.92 Å². The Morgan fingerprint density at radius 2 is 1.96 bits per heavy atom. The predicted molar refractivity (Wildman–Crippen MR) is 96.0 cm³/mol. The molecule has 2 amide bonds. The van der Waals surface area contributed by atoms with Crippen LogP contribution in [0.25, 0.3) is 0 Å². The van der Waals surface area contributed by atoms with Crippen molar-refractivity contribution >= 4 is 23.2 Å². The first-order valence-corrected chi connectivity index (χ1v) is 8.44. The molecule has 25 heavy (non-hydrogen) atoms. The Bertz CT molecular complexity index is 802. The Labute approximate surface area is 146 Å². The molecule has 1 fully saturated rings. The third kappa shape index (κ3) is 3.71. The van der Waals surface area contributed by atoms with E-state index < -0.39 is 11.7 Å². The van der Waals surface area contributed by atoms with Gasteiger partial charge in [0.1, 0.15) is 5.82 Å². The topological polar surface area (TPSA) is 49.4 Å². The zero-order chi connectivity index (χ0) is 18.0. The van der Waals surface area contributed by atoms with Crippen molar-refractivity contribution in [3.05, 3.63) is 59.4 Å². The van der Waals surface area contributed by atoms with E-state index in [4.69, 9.17) is 0 Å². The molecule has 1 unspecified atom stereocenters. The Morgan fingerprint density at radius 3 is 2.60 bits per heavy atom. The number of nitrogens with one attached hydrogen (secondary N) is 1. The van der Waals surface area contributed by atoms with Gasteiger partial charge in [-0.05, 0) is 48.7 Å². The zero-order valence-corrected chi connectivity index (χ0v) is 14.4. The maximum absolute atomic E-state index is 13.9. The zero-order valence-electron chi connectivity index (χ0n) is 14.4. The second-order valence-electron chi connectivity index (χ2n) is 6.40. The first-order valence-electron chi connectivity index (χ1n) is 8.44. The Morgan fingerprint density at radius 1 is 1.24 bits per heavy atom. The molecule has 0 aliphatic carbocycles. The Hall–Kier alpha value is -2.69. The van der Waals surface area contributed by atoms with Crippen LogP contribution in [-0.2, 0) is 16.0 Å². The summed E-state index contributed by atoms with van der Waals surface area (Å²) in [7, 11) is 0. The van der Waals surface area contributed by atoms with Gasteiger partial charge in [-0.1, -0.05) is 25.1 Å². The molecular formula is C20H21FN2O2. The first-order chi connectivity index (χ1) is 12.0. The highest BCUT2D eigenvalue weighted by atomic mass is 19.1. The highest BCUT2D eigenvalue weighted by Gasteiger charge is 2.35. The summed E-state index contributed by atoms with van der Waals surface area (Å²) in [6.07, 6.45) is 1.07. The fraction of sp³-hybridized carbons (Fsp3) is 0.300. The summed E-state index contributed by atoms with van der Waals surface area (Å²) in [5.41, 5.74) is 2.92. The van der Waals surface area contributed by atoms with E-state index in [0.717, 1.165) is 17.7 Å². The molecule has 0 saturated carbocycles. The molecular weight excluding hydrogens is 319 g/mol. The molecule has 0 radical (unpaired) electrons. The molecule has 1 heterocycles. The van der Waals surface area contributed by atoms with E-state index in [0.29, 0.717) is 6.54 Å². The molecule has 130 valence electrons. The number of carbonyl (C=O) groups excluding carboxylic acids is 2. The van der Waals surface area contributed by atoms with E-state index in [9.17, 15) is 14.0 Å². The van der Waals surface area contributed by atoms with Gasteiger partial charge < -0.3 is 10.2 Å². The largest absolute Gasteiger partial charge is 0.323 e. The number of hydrogen-bond donors (Lipinski definition) is 1. The minimum Gasteiger partial charge on any atom is -0.323 e. The summed E-state index contributed by atoms with van der Waals surface area (Å²) >= 11 is 0. The number of hydrogen-bond acceptors (Lipinski definition) is 2. The van der Waals surface area contributed by atoms with E-state index >= 15 is 0 Å². The Balaban J connectivity index is 1.69. The number of carbonyl (C=O) groups is 2. The van der Waals surface area contributed by atoms with Crippen LogP contribution in [-0.4, -0.2) is 18.4 Å². The first kappa shape index (κ1) is 17.1. The van der Waals surface area contributed by atoms with Gasteiger partial charge in [0.2, 0.25) is 11.8 Å². The van der Waals surface area contributed by atoms with E-state index in [1.807, 2.05) is 24.3 Å². The molecule has 1 atom stereocenters. The van der Waals surface area contributed by atoms with Gasteiger partial charge in [-0.25, -0.2) is 4.39 Å². The van der Waals surface area contributed by atoms with Crippen LogP contribution in [0.3, 0.4) is 0 Å². The second kappa shape index (κ2) is 7.05. The van der Waals surface area contributed by atoms with Crippen molar-refractivity contribution in [2.75, 3.05) is 16.8 Å². The van der Waals surface area contributed by atoms with Gasteiger partial charge in [0.05, 0.1) is 11.6 Å². The second-order valence-corrected chi connectivity index (χ2v) is 6.40. The average molecular weight is 340 g/mol. The summed E-state index contributed by atoms with van der Waals surface area (Å²) in [6, 6.07) is 12.4. The summed E-state index contributed by atoms with van der Waals surface area (Å²) in [4.78, 5) is 26.3. The number of anilines is 2. The molecule has 4 nitrogen and oxygen atoms in total. The molecule has 1 N–H and O–H groups in total. The van der Waals surface area contributed by atoms with E-state index in [-0.39, 0.29) is 23.9 Å². The number of amides is 2. The normalized spacial score (nSPS) is 17.0. The predicted octanol–water partition coefficient (Wildman–Crippen LogP) is 3.69. The van der Waals surface area contributed by atoms with Gasteiger partial charge in [-0.2, -0.15) is 0 Å². The van der Waals surface area contributed by atoms with Gasteiger partial charge >= 0.3 is 0 Å². The van der Waals surface area contributed by atoms with Crippen molar-refractivity contribution in [1.29, 1.82) is 0 Å². The minimum atomic E-state index is -0.487. The van der Waals surface area contributed by atoms with Gasteiger partial charge in [-0.3, -0.25) is 9.59 Å². The number of halogens is 1. The van der Waals surface area contributed by atoms with Crippen LogP contribution in [0.15, 0.2) is 42.5 Å². The lowest BCUT2D eigenvalue weighted by molar-refractivity contribution is -0.122. The number of benzene rings is 2. The summed E-state index contributed by atoms with van der Waals surface area (Å²) in [6.45, 7) is 4.16. The Kier molecular flexibility index (Phi) is 4.83. The lowest BCUT2D eigenvalue weighted by atomic mass is 10.1. The number of rotatable bonds is 4. The fourth-order valence-corrected chi connectivity index (χ4v) is 3.00. The van der Waals surface area contributed by atoms with Gasteiger partial charge in [0.25, 0.3) is 0 Å². The summed E-state index contributed by atoms with van der Waals surface area (Å²) < 4.78 is 13.9. The van der Waals surface area contributed by atoms with Gasteiger partial charge in [0, 0.05) is 18.7 Å². The molecule has 0 aromatic heterocycles. The van der Waals surface area contributed by atoms with Crippen molar-refractivity contribution in [1.82, 2.24) is 0 Å². The summed E-state index contributed by atoms with van der Waals surface area (Å²) in [5, 5.41) is 2.60. The number of nitrogens with zero attached hydrogens (tertiary/aromatic N) is 1. The molecule has 1 aliphatic rings. The van der Waals surface area contributed by atoms with Gasteiger partial charge in [-0.15, -0.1) is 0 Å². The highest BCUT2D eigenvalue weighted by Crippen LogP contribution is 2.27. The molecule has 2 aromatic carbocycles. The third-order valence-corrected chi connectivity index (χ3v) is 4.53. The highest BCUT2D eigenvalue weighted by molar-refractivity contribution is 6.03. The molecule has 1 aliphatic heterocycles. The molecule has 1 saturated heterocycles. The molecule has 5 heteroatoms. The third-order valence-electron chi connectivity index (χ3n) is 4.53. The van der Waals surface area contributed by atoms with Crippen molar-refractivity contribution in [3.63, 3.8) is 0 Å². The van der Waals surface area contributed by atoms with Crippen LogP contribution in [0.2, 0.25) is 0 Å². The molecule has 2 aromatic rings. The van der Waals surface area contributed by atoms with Crippen LogP contribution < -0.4 is 10.2 Å². The fourth-order valence-electron chi connectivity index (χ4n) is 3.00. The van der Waals surface area contributed by atoms with Crippen molar-refractivity contribution in [2.45, 2.75) is 26.7 Å². The van der Waals surface area contributed by atoms with E-state index in [2.05, 4.69) is 12.2 Å². The van der Waals surface area contributed by atoms with Crippen LogP contribution in [0.1, 0.15) is 24.5 Å². The molecule has 3 rings (SSSR count). The minimum absolute atomic E-state index is 0.0891. The molecule has 0 bridgehead atoms. The van der Waals surface area contributed by atoms with E-state index in [1.54, 1.807) is 24.0 Å². The SMILES string of the molecule is CCc1ccc(N2CC(C(=O)Nc3ccc(C)cc3F)CC2=O)cc1. The average Bonchev–Trinajstić information content (AvgIpc) is 2.99. The van der Waals surface area contributed by atoms with Crippen molar-refractivity contribution < 1.29 is 14.0 Å². The monoisotopic (exact) mass is 340 g/mol. The lowest BCUT2D eigenvalue weighted by Gasteiger charge is -2.17. The van der Waals surface area contributed by atoms with Gasteiger partial charge in [0.15, 0.2) is 0 Å². The lowest BCUT2D eigenvalue weighted by Crippen LogP contribution is -2.28. The van der Waals surface area contributed by atoms with Crippen LogP contribution >= 0.6 is 0 Å². The van der Waals surface area contributed by atoms with Crippen LogP contribution in [0.5, 0.6) is 0 Å². The van der Waals surface area contributed by atoms with Crippen LogP contribution in [0.4, 0.5) is 15.8 Å². The maximum atomic E-state index is 13.9. The summed E-state index contributed by atoms with van der Waals surface area (Å²) in [5.74, 6) is -1.37. The maximum Gasteiger partial charge on any atom is 0.229 e. The number of aryl methyl sites for hydroxylation is 2. The quantitative estimate of drug-likeness (QED) is 0.923.